The van der Waals surface area contributed by atoms with Crippen LogP contribution in [-0.4, -0.2) is 17.2 Å². The number of methoxy groups -OCH3 is 1. The number of nitrogens with zero attached hydrogens (tertiary/aromatic N) is 1. The second kappa shape index (κ2) is 4.85. The molecule has 0 fully saturated rings. The molecule has 1 aromatic carbocycles. The standard InChI is InChI=1S/C13H15NO2S/c1-8-13(17-9(2)14-8)12(15)10-6-4-5-7-11(10)16-3/h4-7,12,15H,1-3H3. The molecule has 0 aliphatic carbocycles. The van der Waals surface area contributed by atoms with Gasteiger partial charge in [0.2, 0.25) is 0 Å². The van der Waals surface area contributed by atoms with Crippen molar-refractivity contribution in [3.05, 3.63) is 45.4 Å². The summed E-state index contributed by atoms with van der Waals surface area (Å²) >= 11 is 1.52. The summed E-state index contributed by atoms with van der Waals surface area (Å²) in [5.41, 5.74) is 1.66. The summed E-state index contributed by atoms with van der Waals surface area (Å²) in [5, 5.41) is 11.4. The molecule has 1 N–H and O–H groups in total. The Bertz CT molecular complexity index is 522. The first-order valence-electron chi connectivity index (χ1n) is 5.38. The SMILES string of the molecule is COc1ccccc1C(O)c1sc(C)nc1C. The molecule has 1 aromatic heterocycles. The number of rotatable bonds is 3. The first-order valence-corrected chi connectivity index (χ1v) is 6.20. The topological polar surface area (TPSA) is 42.4 Å². The van der Waals surface area contributed by atoms with Crippen LogP contribution in [0, 0.1) is 13.8 Å². The van der Waals surface area contributed by atoms with Crippen LogP contribution in [0.15, 0.2) is 24.3 Å². The fraction of sp³-hybridized carbons (Fsp3) is 0.308. The van der Waals surface area contributed by atoms with Gasteiger partial charge in [-0.25, -0.2) is 4.98 Å². The minimum absolute atomic E-state index is 0.669. The summed E-state index contributed by atoms with van der Waals surface area (Å²) in [6.45, 7) is 3.85. The highest BCUT2D eigenvalue weighted by molar-refractivity contribution is 7.11. The predicted octanol–water partition coefficient (Wildman–Crippen LogP) is 2.85. The average molecular weight is 249 g/mol. The number of aromatic nitrogens is 1. The molecule has 1 atom stereocenters. The van der Waals surface area contributed by atoms with Gasteiger partial charge in [0.25, 0.3) is 0 Å². The normalized spacial score (nSPS) is 12.5. The van der Waals surface area contributed by atoms with Crippen molar-refractivity contribution < 1.29 is 9.84 Å². The minimum atomic E-state index is -0.669. The molecule has 17 heavy (non-hydrogen) atoms. The Labute approximate surface area is 105 Å². The first-order chi connectivity index (χ1) is 8.13. The van der Waals surface area contributed by atoms with E-state index in [2.05, 4.69) is 4.98 Å². The van der Waals surface area contributed by atoms with Gasteiger partial charge in [0.05, 0.1) is 22.7 Å². The molecule has 0 saturated carbocycles. The summed E-state index contributed by atoms with van der Waals surface area (Å²) in [6.07, 6.45) is -0.669. The molecule has 3 nitrogen and oxygen atoms in total. The molecule has 0 bridgehead atoms. The van der Waals surface area contributed by atoms with Crippen LogP contribution in [0.2, 0.25) is 0 Å². The van der Waals surface area contributed by atoms with Gasteiger partial charge in [0.1, 0.15) is 11.9 Å². The third-order valence-corrected chi connectivity index (χ3v) is 3.75. The van der Waals surface area contributed by atoms with Crippen molar-refractivity contribution in [3.8, 4) is 5.75 Å². The maximum atomic E-state index is 10.4. The molecular formula is C13H15NO2S. The lowest BCUT2D eigenvalue weighted by molar-refractivity contribution is 0.217. The van der Waals surface area contributed by atoms with Crippen molar-refractivity contribution in [1.82, 2.24) is 4.98 Å². The van der Waals surface area contributed by atoms with E-state index in [4.69, 9.17) is 4.74 Å². The first kappa shape index (κ1) is 12.1. The zero-order valence-electron chi connectivity index (χ0n) is 10.1. The van der Waals surface area contributed by atoms with Crippen LogP contribution in [0.25, 0.3) is 0 Å². The number of aliphatic hydroxyl groups excluding tert-OH is 1. The highest BCUT2D eigenvalue weighted by atomic mass is 32.1. The van der Waals surface area contributed by atoms with Gasteiger partial charge in [0.15, 0.2) is 0 Å². The molecule has 0 aliphatic rings. The van der Waals surface area contributed by atoms with Crippen LogP contribution in [-0.2, 0) is 0 Å². The lowest BCUT2D eigenvalue weighted by Gasteiger charge is -2.13. The molecule has 90 valence electrons. The molecule has 0 spiro atoms. The molecule has 1 heterocycles. The van der Waals surface area contributed by atoms with Gasteiger partial charge in [-0.15, -0.1) is 11.3 Å². The molecule has 2 aromatic rings. The van der Waals surface area contributed by atoms with E-state index in [0.717, 1.165) is 21.1 Å². The fourth-order valence-corrected chi connectivity index (χ4v) is 2.77. The number of aliphatic hydroxyl groups is 1. The molecule has 0 radical (unpaired) electrons. The van der Waals surface area contributed by atoms with Crippen LogP contribution in [0.1, 0.15) is 27.2 Å². The lowest BCUT2D eigenvalue weighted by Crippen LogP contribution is -2.01. The molecule has 0 amide bonds. The Morgan fingerprint density at radius 1 is 1.29 bits per heavy atom. The van der Waals surface area contributed by atoms with E-state index in [1.54, 1.807) is 7.11 Å². The van der Waals surface area contributed by atoms with E-state index in [1.165, 1.54) is 11.3 Å². The van der Waals surface area contributed by atoms with E-state index in [9.17, 15) is 5.11 Å². The van der Waals surface area contributed by atoms with E-state index in [1.807, 2.05) is 38.1 Å². The van der Waals surface area contributed by atoms with Crippen molar-refractivity contribution >= 4 is 11.3 Å². The van der Waals surface area contributed by atoms with Crippen LogP contribution in [0.3, 0.4) is 0 Å². The third-order valence-electron chi connectivity index (χ3n) is 2.62. The highest BCUT2D eigenvalue weighted by Gasteiger charge is 2.19. The Hall–Kier alpha value is -1.39. The fourth-order valence-electron chi connectivity index (χ4n) is 1.83. The number of para-hydroxylation sites is 1. The van der Waals surface area contributed by atoms with Crippen molar-refractivity contribution in [3.63, 3.8) is 0 Å². The number of thiazole rings is 1. The summed E-state index contributed by atoms with van der Waals surface area (Å²) in [5.74, 6) is 0.699. The van der Waals surface area contributed by atoms with Gasteiger partial charge in [-0.1, -0.05) is 18.2 Å². The molecule has 0 aliphatic heterocycles. The predicted molar refractivity (Wildman–Crippen MR) is 68.6 cm³/mol. The van der Waals surface area contributed by atoms with Gasteiger partial charge in [-0.3, -0.25) is 0 Å². The number of ether oxygens (including phenoxy) is 1. The van der Waals surface area contributed by atoms with E-state index in [-0.39, 0.29) is 0 Å². The maximum absolute atomic E-state index is 10.4. The Balaban J connectivity index is 2.43. The van der Waals surface area contributed by atoms with Crippen LogP contribution in [0.4, 0.5) is 0 Å². The van der Waals surface area contributed by atoms with Gasteiger partial charge in [0, 0.05) is 5.56 Å². The summed E-state index contributed by atoms with van der Waals surface area (Å²) in [4.78, 5) is 5.21. The second-order valence-corrected chi connectivity index (χ2v) is 5.06. The monoisotopic (exact) mass is 249 g/mol. The third kappa shape index (κ3) is 2.33. The Kier molecular flexibility index (Phi) is 3.45. The van der Waals surface area contributed by atoms with E-state index in [0.29, 0.717) is 5.75 Å². The van der Waals surface area contributed by atoms with E-state index >= 15 is 0 Å². The summed E-state index contributed by atoms with van der Waals surface area (Å²) < 4.78 is 5.26. The van der Waals surface area contributed by atoms with Crippen molar-refractivity contribution in [2.24, 2.45) is 0 Å². The van der Waals surface area contributed by atoms with Gasteiger partial charge in [-0.05, 0) is 19.9 Å². The van der Waals surface area contributed by atoms with Gasteiger partial charge in [-0.2, -0.15) is 0 Å². The number of hydrogen-bond donors (Lipinski definition) is 1. The van der Waals surface area contributed by atoms with Crippen LogP contribution < -0.4 is 4.74 Å². The summed E-state index contributed by atoms with van der Waals surface area (Å²) in [7, 11) is 1.61. The number of benzene rings is 1. The molecule has 2 rings (SSSR count). The molecule has 0 saturated heterocycles. The zero-order chi connectivity index (χ0) is 12.4. The quantitative estimate of drug-likeness (QED) is 0.909. The van der Waals surface area contributed by atoms with Crippen LogP contribution >= 0.6 is 11.3 Å². The van der Waals surface area contributed by atoms with Crippen molar-refractivity contribution in [2.45, 2.75) is 20.0 Å². The molecule has 1 unspecified atom stereocenters. The average Bonchev–Trinajstić information content (AvgIpc) is 2.67. The minimum Gasteiger partial charge on any atom is -0.496 e. The Morgan fingerprint density at radius 3 is 2.59 bits per heavy atom. The van der Waals surface area contributed by atoms with E-state index < -0.39 is 6.10 Å². The summed E-state index contributed by atoms with van der Waals surface area (Å²) in [6, 6.07) is 7.50. The molecular weight excluding hydrogens is 234 g/mol. The van der Waals surface area contributed by atoms with Gasteiger partial charge < -0.3 is 9.84 Å². The van der Waals surface area contributed by atoms with Crippen molar-refractivity contribution in [1.29, 1.82) is 0 Å². The van der Waals surface area contributed by atoms with Crippen LogP contribution in [0.5, 0.6) is 5.75 Å². The maximum Gasteiger partial charge on any atom is 0.125 e. The number of hydrogen-bond acceptors (Lipinski definition) is 4. The smallest absolute Gasteiger partial charge is 0.125 e. The largest absolute Gasteiger partial charge is 0.496 e. The molecule has 4 heteroatoms. The number of aryl methyl sites for hydroxylation is 2. The highest BCUT2D eigenvalue weighted by Crippen LogP contribution is 2.34. The second-order valence-electron chi connectivity index (χ2n) is 3.83. The lowest BCUT2D eigenvalue weighted by atomic mass is 10.1. The van der Waals surface area contributed by atoms with Gasteiger partial charge >= 0.3 is 0 Å². The zero-order valence-corrected chi connectivity index (χ0v) is 10.9. The Morgan fingerprint density at radius 2 is 2.00 bits per heavy atom. The van der Waals surface area contributed by atoms with Crippen molar-refractivity contribution in [2.75, 3.05) is 7.11 Å².